The first-order valence-electron chi connectivity index (χ1n) is 5.05. The van der Waals surface area contributed by atoms with Crippen molar-refractivity contribution >= 4 is 5.78 Å². The van der Waals surface area contributed by atoms with Crippen LogP contribution in [0, 0.1) is 0 Å². The first kappa shape index (κ1) is 9.96. The first-order valence-corrected chi connectivity index (χ1v) is 5.05. The lowest BCUT2D eigenvalue weighted by atomic mass is 10.1. The Morgan fingerprint density at radius 3 is 3.00 bits per heavy atom. The number of nitrogens with zero attached hydrogens (tertiary/aromatic N) is 2. The summed E-state index contributed by atoms with van der Waals surface area (Å²) in [7, 11) is 0. The van der Waals surface area contributed by atoms with Gasteiger partial charge in [-0.2, -0.15) is 5.10 Å². The van der Waals surface area contributed by atoms with Gasteiger partial charge in [0.15, 0.2) is 5.78 Å². The molecule has 0 aromatic carbocycles. The van der Waals surface area contributed by atoms with E-state index in [-0.39, 0.29) is 11.9 Å². The van der Waals surface area contributed by atoms with E-state index in [0.717, 1.165) is 5.56 Å². The molecule has 4 heteroatoms. The van der Waals surface area contributed by atoms with Gasteiger partial charge in [-0.25, -0.2) is 0 Å². The largest absolute Gasteiger partial charge is 0.493 e. The van der Waals surface area contributed by atoms with Crippen LogP contribution in [0.1, 0.15) is 38.0 Å². The van der Waals surface area contributed by atoms with Crippen LogP contribution in [-0.2, 0) is 9.53 Å². The molecule has 0 spiro atoms. The second-order valence-electron chi connectivity index (χ2n) is 3.95. The number of rotatable bonds is 2. The quantitative estimate of drug-likeness (QED) is 0.743. The minimum absolute atomic E-state index is 0.101. The number of hydrogen-bond acceptors (Lipinski definition) is 3. The predicted molar refractivity (Wildman–Crippen MR) is 55.2 cm³/mol. The fourth-order valence-electron chi connectivity index (χ4n) is 1.51. The summed E-state index contributed by atoms with van der Waals surface area (Å²) in [6.45, 7) is 4.12. The molecule has 0 fully saturated rings. The molecule has 1 unspecified atom stereocenters. The molecular weight excluding hydrogens is 192 g/mol. The van der Waals surface area contributed by atoms with Gasteiger partial charge in [-0.15, -0.1) is 0 Å². The van der Waals surface area contributed by atoms with E-state index in [4.69, 9.17) is 4.74 Å². The van der Waals surface area contributed by atoms with E-state index in [0.29, 0.717) is 12.5 Å². The highest BCUT2D eigenvalue weighted by Gasteiger charge is 2.20. The third-order valence-corrected chi connectivity index (χ3v) is 2.41. The molecule has 0 aliphatic carbocycles. The van der Waals surface area contributed by atoms with E-state index in [2.05, 4.69) is 18.9 Å². The number of hydrogen-bond donors (Lipinski definition) is 0. The van der Waals surface area contributed by atoms with Crippen LogP contribution in [0.2, 0.25) is 0 Å². The molecule has 0 bridgehead atoms. The van der Waals surface area contributed by atoms with Gasteiger partial charge < -0.3 is 4.74 Å². The third kappa shape index (κ3) is 2.09. The predicted octanol–water partition coefficient (Wildman–Crippen LogP) is 2.01. The standard InChI is InChI=1S/C11H14N2O2/c1-8(2)13-7-9(6-12-13)11-5-10(14)3-4-15-11/h3-4,6-8,11H,5H2,1-2H3. The van der Waals surface area contributed by atoms with Gasteiger partial charge in [0.1, 0.15) is 6.10 Å². The van der Waals surface area contributed by atoms with E-state index in [1.165, 1.54) is 12.3 Å². The Balaban J connectivity index is 2.16. The molecule has 0 saturated carbocycles. The van der Waals surface area contributed by atoms with Gasteiger partial charge in [0, 0.05) is 23.9 Å². The monoisotopic (exact) mass is 206 g/mol. The first-order chi connectivity index (χ1) is 7.16. The Kier molecular flexibility index (Phi) is 2.58. The Hall–Kier alpha value is -1.58. The maximum atomic E-state index is 11.2. The SMILES string of the molecule is CC(C)n1cc(C2CC(=O)C=CO2)cn1. The van der Waals surface area contributed by atoms with Gasteiger partial charge in [-0.05, 0) is 13.8 Å². The highest BCUT2D eigenvalue weighted by molar-refractivity contribution is 5.90. The van der Waals surface area contributed by atoms with Crippen molar-refractivity contribution in [1.82, 2.24) is 9.78 Å². The molecule has 4 nitrogen and oxygen atoms in total. The molecule has 80 valence electrons. The molecule has 1 aromatic rings. The van der Waals surface area contributed by atoms with E-state index < -0.39 is 0 Å². The zero-order valence-corrected chi connectivity index (χ0v) is 8.88. The average Bonchev–Trinajstić information content (AvgIpc) is 2.66. The smallest absolute Gasteiger partial charge is 0.162 e. The summed E-state index contributed by atoms with van der Waals surface area (Å²) in [5.74, 6) is 0.101. The molecule has 15 heavy (non-hydrogen) atoms. The van der Waals surface area contributed by atoms with Crippen LogP contribution < -0.4 is 0 Å². The minimum atomic E-state index is -0.171. The van der Waals surface area contributed by atoms with Crippen LogP contribution in [-0.4, -0.2) is 15.6 Å². The van der Waals surface area contributed by atoms with Crippen molar-refractivity contribution in [3.05, 3.63) is 30.3 Å². The number of ketones is 1. The number of aromatic nitrogens is 2. The Morgan fingerprint density at radius 1 is 1.60 bits per heavy atom. The molecule has 0 radical (unpaired) electrons. The fourth-order valence-corrected chi connectivity index (χ4v) is 1.51. The van der Waals surface area contributed by atoms with Gasteiger partial charge >= 0.3 is 0 Å². The summed E-state index contributed by atoms with van der Waals surface area (Å²) in [6.07, 6.45) is 6.85. The summed E-state index contributed by atoms with van der Waals surface area (Å²) >= 11 is 0. The molecule has 1 aliphatic rings. The Bertz CT molecular complexity index is 393. The molecular formula is C11H14N2O2. The summed E-state index contributed by atoms with van der Waals surface area (Å²) in [5, 5.41) is 4.22. The number of carbonyl (C=O) groups is 1. The summed E-state index contributed by atoms with van der Waals surface area (Å²) in [5.41, 5.74) is 0.960. The van der Waals surface area contributed by atoms with Gasteiger partial charge in [-0.1, -0.05) is 0 Å². The van der Waals surface area contributed by atoms with Crippen LogP contribution in [0.5, 0.6) is 0 Å². The molecule has 1 atom stereocenters. The van der Waals surface area contributed by atoms with E-state index >= 15 is 0 Å². The number of ether oxygens (including phenoxy) is 1. The lowest BCUT2D eigenvalue weighted by Crippen LogP contribution is -2.10. The van der Waals surface area contributed by atoms with Crippen molar-refractivity contribution in [2.45, 2.75) is 32.4 Å². The van der Waals surface area contributed by atoms with Crippen LogP contribution in [0.4, 0.5) is 0 Å². The summed E-state index contributed by atoms with van der Waals surface area (Å²) in [6, 6.07) is 0.327. The lowest BCUT2D eigenvalue weighted by Gasteiger charge is -2.16. The van der Waals surface area contributed by atoms with Crippen molar-refractivity contribution in [1.29, 1.82) is 0 Å². The zero-order valence-electron chi connectivity index (χ0n) is 8.88. The van der Waals surface area contributed by atoms with Crippen LogP contribution in [0.15, 0.2) is 24.7 Å². The van der Waals surface area contributed by atoms with Gasteiger partial charge in [-0.3, -0.25) is 9.48 Å². The van der Waals surface area contributed by atoms with Gasteiger partial charge in [0.05, 0.1) is 18.9 Å². The fraction of sp³-hybridized carbons (Fsp3) is 0.455. The maximum Gasteiger partial charge on any atom is 0.162 e. The highest BCUT2D eigenvalue weighted by Crippen LogP contribution is 2.25. The number of carbonyl (C=O) groups excluding carboxylic acids is 1. The highest BCUT2D eigenvalue weighted by atomic mass is 16.5. The topological polar surface area (TPSA) is 44.1 Å². The van der Waals surface area contributed by atoms with Crippen molar-refractivity contribution in [3.63, 3.8) is 0 Å². The Labute approximate surface area is 88.5 Å². The molecule has 2 heterocycles. The maximum absolute atomic E-state index is 11.2. The van der Waals surface area contributed by atoms with Crippen molar-refractivity contribution in [3.8, 4) is 0 Å². The van der Waals surface area contributed by atoms with E-state index in [1.807, 2.05) is 10.9 Å². The molecule has 0 N–H and O–H groups in total. The molecule has 1 aromatic heterocycles. The molecule has 1 aliphatic heterocycles. The van der Waals surface area contributed by atoms with Crippen molar-refractivity contribution in [2.75, 3.05) is 0 Å². The minimum Gasteiger partial charge on any atom is -0.493 e. The van der Waals surface area contributed by atoms with Crippen LogP contribution >= 0.6 is 0 Å². The van der Waals surface area contributed by atoms with Gasteiger partial charge in [0.25, 0.3) is 0 Å². The second kappa shape index (κ2) is 3.88. The molecule has 0 amide bonds. The average molecular weight is 206 g/mol. The lowest BCUT2D eigenvalue weighted by molar-refractivity contribution is -0.118. The third-order valence-electron chi connectivity index (χ3n) is 2.41. The van der Waals surface area contributed by atoms with E-state index in [9.17, 15) is 4.79 Å². The Morgan fingerprint density at radius 2 is 2.40 bits per heavy atom. The van der Waals surface area contributed by atoms with Crippen LogP contribution in [0.3, 0.4) is 0 Å². The number of allylic oxidation sites excluding steroid dienone is 1. The molecule has 0 saturated heterocycles. The van der Waals surface area contributed by atoms with Gasteiger partial charge in [0.2, 0.25) is 0 Å². The van der Waals surface area contributed by atoms with Crippen molar-refractivity contribution in [2.24, 2.45) is 0 Å². The zero-order chi connectivity index (χ0) is 10.8. The summed E-state index contributed by atoms with van der Waals surface area (Å²) < 4.78 is 7.24. The summed E-state index contributed by atoms with van der Waals surface area (Å²) in [4.78, 5) is 11.2. The molecule has 2 rings (SSSR count). The second-order valence-corrected chi connectivity index (χ2v) is 3.95. The van der Waals surface area contributed by atoms with E-state index in [1.54, 1.807) is 6.20 Å². The van der Waals surface area contributed by atoms with Crippen LogP contribution in [0.25, 0.3) is 0 Å². The van der Waals surface area contributed by atoms with Crippen molar-refractivity contribution < 1.29 is 9.53 Å². The normalized spacial score (nSPS) is 20.7.